The fourth-order valence-corrected chi connectivity index (χ4v) is 2.88. The lowest BCUT2D eigenvalue weighted by atomic mass is 9.88. The SMILES string of the molecule is CN1CCc2ccccc2C(c2ccccc2)C1. The van der Waals surface area contributed by atoms with Crippen molar-refractivity contribution in [1.82, 2.24) is 4.90 Å². The smallest absolute Gasteiger partial charge is 0.0219 e. The van der Waals surface area contributed by atoms with E-state index in [1.165, 1.54) is 16.7 Å². The van der Waals surface area contributed by atoms with Crippen LogP contribution in [0, 0.1) is 0 Å². The summed E-state index contributed by atoms with van der Waals surface area (Å²) >= 11 is 0. The molecule has 1 heteroatoms. The molecule has 0 aromatic heterocycles. The van der Waals surface area contributed by atoms with E-state index < -0.39 is 0 Å². The highest BCUT2D eigenvalue weighted by molar-refractivity contribution is 5.39. The van der Waals surface area contributed by atoms with Gasteiger partial charge in [-0.05, 0) is 30.2 Å². The maximum Gasteiger partial charge on any atom is 0.0219 e. The summed E-state index contributed by atoms with van der Waals surface area (Å²) in [6, 6.07) is 19.8. The molecule has 1 aliphatic rings. The first-order chi connectivity index (χ1) is 8.84. The fourth-order valence-electron chi connectivity index (χ4n) is 2.88. The van der Waals surface area contributed by atoms with Crippen LogP contribution in [-0.2, 0) is 6.42 Å². The molecule has 0 saturated carbocycles. The molecule has 0 bridgehead atoms. The second-order valence-corrected chi connectivity index (χ2v) is 5.17. The Bertz CT molecular complexity index is 518. The van der Waals surface area contributed by atoms with Gasteiger partial charge >= 0.3 is 0 Å². The van der Waals surface area contributed by atoms with Crippen LogP contribution in [-0.4, -0.2) is 25.0 Å². The molecule has 1 aliphatic heterocycles. The first-order valence-corrected chi connectivity index (χ1v) is 6.66. The molecular weight excluding hydrogens is 218 g/mol. The van der Waals surface area contributed by atoms with Crippen molar-refractivity contribution >= 4 is 0 Å². The van der Waals surface area contributed by atoms with E-state index in [4.69, 9.17) is 0 Å². The zero-order valence-corrected chi connectivity index (χ0v) is 10.8. The van der Waals surface area contributed by atoms with Gasteiger partial charge in [0.1, 0.15) is 0 Å². The van der Waals surface area contributed by atoms with Crippen molar-refractivity contribution in [2.24, 2.45) is 0 Å². The molecule has 92 valence electrons. The van der Waals surface area contributed by atoms with Crippen molar-refractivity contribution in [2.45, 2.75) is 12.3 Å². The van der Waals surface area contributed by atoms with E-state index in [2.05, 4.69) is 66.5 Å². The highest BCUT2D eigenvalue weighted by Gasteiger charge is 2.21. The molecule has 2 aromatic carbocycles. The van der Waals surface area contributed by atoms with Crippen molar-refractivity contribution in [2.75, 3.05) is 20.1 Å². The van der Waals surface area contributed by atoms with Gasteiger partial charge in [0.2, 0.25) is 0 Å². The number of hydrogen-bond donors (Lipinski definition) is 0. The van der Waals surface area contributed by atoms with Crippen molar-refractivity contribution in [3.05, 3.63) is 71.3 Å². The lowest BCUT2D eigenvalue weighted by Crippen LogP contribution is -2.24. The van der Waals surface area contributed by atoms with E-state index in [0.717, 1.165) is 19.5 Å². The minimum absolute atomic E-state index is 0.509. The van der Waals surface area contributed by atoms with Gasteiger partial charge in [0.25, 0.3) is 0 Å². The monoisotopic (exact) mass is 237 g/mol. The molecule has 0 spiro atoms. The van der Waals surface area contributed by atoms with Crippen molar-refractivity contribution in [1.29, 1.82) is 0 Å². The maximum absolute atomic E-state index is 2.44. The summed E-state index contributed by atoms with van der Waals surface area (Å²) < 4.78 is 0. The Morgan fingerprint density at radius 1 is 0.944 bits per heavy atom. The van der Waals surface area contributed by atoms with Gasteiger partial charge in [0.15, 0.2) is 0 Å². The number of fused-ring (bicyclic) bond motifs is 1. The minimum Gasteiger partial charge on any atom is -0.305 e. The molecule has 1 unspecified atom stereocenters. The summed E-state index contributed by atoms with van der Waals surface area (Å²) in [7, 11) is 2.22. The van der Waals surface area contributed by atoms with Crippen LogP contribution in [0.15, 0.2) is 54.6 Å². The van der Waals surface area contributed by atoms with E-state index in [1.807, 2.05) is 0 Å². The third-order valence-electron chi connectivity index (χ3n) is 3.89. The zero-order valence-electron chi connectivity index (χ0n) is 10.8. The van der Waals surface area contributed by atoms with Crippen LogP contribution in [0.2, 0.25) is 0 Å². The van der Waals surface area contributed by atoms with Crippen molar-refractivity contribution < 1.29 is 0 Å². The molecule has 1 nitrogen and oxygen atoms in total. The predicted molar refractivity (Wildman–Crippen MR) is 75.9 cm³/mol. The van der Waals surface area contributed by atoms with Gasteiger partial charge in [0, 0.05) is 19.0 Å². The van der Waals surface area contributed by atoms with Gasteiger partial charge in [-0.2, -0.15) is 0 Å². The number of likely N-dealkylation sites (N-methyl/N-ethyl adjacent to an activating group) is 1. The Hall–Kier alpha value is -1.60. The number of hydrogen-bond acceptors (Lipinski definition) is 1. The second-order valence-electron chi connectivity index (χ2n) is 5.17. The van der Waals surface area contributed by atoms with Crippen LogP contribution in [0.1, 0.15) is 22.6 Å². The summed E-state index contributed by atoms with van der Waals surface area (Å²) in [5.74, 6) is 0.509. The van der Waals surface area contributed by atoms with Crippen molar-refractivity contribution in [3.63, 3.8) is 0 Å². The molecule has 0 saturated heterocycles. The highest BCUT2D eigenvalue weighted by Crippen LogP contribution is 2.30. The minimum atomic E-state index is 0.509. The molecule has 2 aromatic rings. The lowest BCUT2D eigenvalue weighted by Gasteiger charge is -2.21. The zero-order chi connectivity index (χ0) is 12.4. The molecule has 18 heavy (non-hydrogen) atoms. The van der Waals surface area contributed by atoms with Gasteiger partial charge in [0.05, 0.1) is 0 Å². The number of rotatable bonds is 1. The lowest BCUT2D eigenvalue weighted by molar-refractivity contribution is 0.338. The molecule has 0 amide bonds. The van der Waals surface area contributed by atoms with Crippen LogP contribution < -0.4 is 0 Å². The van der Waals surface area contributed by atoms with Gasteiger partial charge in [-0.25, -0.2) is 0 Å². The standard InChI is InChI=1S/C17H19N/c1-18-12-11-15-9-5-6-10-16(15)17(13-18)14-7-3-2-4-8-14/h2-10,17H,11-13H2,1H3. The van der Waals surface area contributed by atoms with E-state index in [9.17, 15) is 0 Å². The largest absolute Gasteiger partial charge is 0.305 e. The normalized spacial score (nSPS) is 20.2. The van der Waals surface area contributed by atoms with Gasteiger partial charge in [-0.3, -0.25) is 0 Å². The van der Waals surface area contributed by atoms with Crippen LogP contribution in [0.3, 0.4) is 0 Å². The third kappa shape index (κ3) is 2.19. The Morgan fingerprint density at radius 3 is 2.50 bits per heavy atom. The molecule has 0 radical (unpaired) electrons. The Balaban J connectivity index is 2.07. The maximum atomic E-state index is 2.44. The third-order valence-corrected chi connectivity index (χ3v) is 3.89. The summed E-state index contributed by atoms with van der Waals surface area (Å²) in [6.45, 7) is 2.27. The van der Waals surface area contributed by atoms with E-state index in [1.54, 1.807) is 0 Å². The van der Waals surface area contributed by atoms with Gasteiger partial charge < -0.3 is 4.90 Å². The topological polar surface area (TPSA) is 3.24 Å². The predicted octanol–water partition coefficient (Wildman–Crippen LogP) is 3.31. The Kier molecular flexibility index (Phi) is 3.16. The summed E-state index contributed by atoms with van der Waals surface area (Å²) in [6.07, 6.45) is 1.16. The molecule has 3 rings (SSSR count). The molecule has 1 heterocycles. The number of benzene rings is 2. The van der Waals surface area contributed by atoms with E-state index in [-0.39, 0.29) is 0 Å². The van der Waals surface area contributed by atoms with Crippen LogP contribution in [0.5, 0.6) is 0 Å². The fraction of sp³-hybridized carbons (Fsp3) is 0.294. The quantitative estimate of drug-likeness (QED) is 0.735. The molecule has 0 fully saturated rings. The van der Waals surface area contributed by atoms with Crippen LogP contribution >= 0.6 is 0 Å². The molecule has 0 aliphatic carbocycles. The van der Waals surface area contributed by atoms with E-state index >= 15 is 0 Å². The summed E-state index contributed by atoms with van der Waals surface area (Å²) in [5, 5.41) is 0. The highest BCUT2D eigenvalue weighted by atomic mass is 15.1. The Morgan fingerprint density at radius 2 is 1.67 bits per heavy atom. The second kappa shape index (κ2) is 4.95. The first kappa shape index (κ1) is 11.5. The first-order valence-electron chi connectivity index (χ1n) is 6.66. The van der Waals surface area contributed by atoms with Crippen molar-refractivity contribution in [3.8, 4) is 0 Å². The Labute approximate surface area is 109 Å². The molecular formula is C17H19N. The van der Waals surface area contributed by atoms with Crippen LogP contribution in [0.4, 0.5) is 0 Å². The average molecular weight is 237 g/mol. The van der Waals surface area contributed by atoms with Gasteiger partial charge in [-0.15, -0.1) is 0 Å². The average Bonchev–Trinajstić information content (AvgIpc) is 2.60. The summed E-state index contributed by atoms with van der Waals surface area (Å²) in [4.78, 5) is 2.44. The van der Waals surface area contributed by atoms with Gasteiger partial charge in [-0.1, -0.05) is 54.6 Å². The van der Waals surface area contributed by atoms with E-state index in [0.29, 0.717) is 5.92 Å². The molecule has 0 N–H and O–H groups in total. The number of nitrogens with zero attached hydrogens (tertiary/aromatic N) is 1. The molecule has 1 atom stereocenters. The van der Waals surface area contributed by atoms with Crippen LogP contribution in [0.25, 0.3) is 0 Å². The summed E-state index contributed by atoms with van der Waals surface area (Å²) in [5.41, 5.74) is 4.45.